The molecule has 0 atom stereocenters. The van der Waals surface area contributed by atoms with Crippen LogP contribution < -0.4 is 15.7 Å². The molecular weight excluding hydrogens is 360 g/mol. The highest BCUT2D eigenvalue weighted by Crippen LogP contribution is 2.39. The molecular formula is C19H22N6O3. The summed E-state index contributed by atoms with van der Waals surface area (Å²) in [6, 6.07) is 9.51. The molecule has 0 unspecified atom stereocenters. The number of hydrogen-bond donors (Lipinski definition) is 1. The van der Waals surface area contributed by atoms with Crippen molar-refractivity contribution in [3.63, 3.8) is 0 Å². The Hall–Kier alpha value is -3.36. The largest absolute Gasteiger partial charge is 0.479 e. The fourth-order valence-electron chi connectivity index (χ4n) is 3.14. The normalized spacial score (nSPS) is 13.5. The summed E-state index contributed by atoms with van der Waals surface area (Å²) < 4.78 is 9.71. The highest BCUT2D eigenvalue weighted by Gasteiger charge is 2.31. The third-order valence-corrected chi connectivity index (χ3v) is 4.66. The van der Waals surface area contributed by atoms with Gasteiger partial charge in [-0.3, -0.25) is 9.48 Å². The first-order chi connectivity index (χ1) is 13.6. The second-order valence-corrected chi connectivity index (χ2v) is 6.79. The molecule has 1 fully saturated rings. The van der Waals surface area contributed by atoms with Crippen molar-refractivity contribution in [2.45, 2.75) is 25.3 Å². The second kappa shape index (κ2) is 7.34. The van der Waals surface area contributed by atoms with E-state index < -0.39 is 0 Å². The Morgan fingerprint density at radius 3 is 2.68 bits per heavy atom. The number of hydrogen-bond acceptors (Lipinski definition) is 5. The van der Waals surface area contributed by atoms with Gasteiger partial charge in [0, 0.05) is 25.7 Å². The van der Waals surface area contributed by atoms with E-state index in [-0.39, 0.29) is 30.6 Å². The summed E-state index contributed by atoms with van der Waals surface area (Å²) in [4.78, 5) is 25.3. The lowest BCUT2D eigenvalue weighted by atomic mass is 10.3. The lowest BCUT2D eigenvalue weighted by molar-refractivity contribution is 0.0948. The van der Waals surface area contributed by atoms with Crippen LogP contribution in [0.25, 0.3) is 5.69 Å². The molecule has 0 radical (unpaired) electrons. The Morgan fingerprint density at radius 2 is 2.00 bits per heavy atom. The van der Waals surface area contributed by atoms with Crippen molar-refractivity contribution < 1.29 is 9.53 Å². The molecule has 9 heteroatoms. The number of methoxy groups -OCH3 is 1. The zero-order valence-electron chi connectivity index (χ0n) is 15.8. The van der Waals surface area contributed by atoms with E-state index >= 15 is 0 Å². The average Bonchev–Trinajstić information content (AvgIpc) is 3.40. The van der Waals surface area contributed by atoms with Crippen LogP contribution in [0.1, 0.15) is 34.9 Å². The van der Waals surface area contributed by atoms with Crippen LogP contribution in [0.4, 0.5) is 0 Å². The van der Waals surface area contributed by atoms with Gasteiger partial charge in [0.05, 0.1) is 19.3 Å². The summed E-state index contributed by atoms with van der Waals surface area (Å²) in [5, 5.41) is 11.4. The van der Waals surface area contributed by atoms with Crippen LogP contribution in [0.2, 0.25) is 0 Å². The Labute approximate surface area is 161 Å². The van der Waals surface area contributed by atoms with E-state index in [1.165, 1.54) is 16.5 Å². The van der Waals surface area contributed by atoms with Gasteiger partial charge >= 0.3 is 5.69 Å². The number of aromatic nitrogens is 5. The molecule has 3 aromatic rings. The van der Waals surface area contributed by atoms with Crippen molar-refractivity contribution in [1.82, 2.24) is 29.4 Å². The number of nitrogens with one attached hydrogen (secondary N) is 1. The molecule has 1 saturated carbocycles. The van der Waals surface area contributed by atoms with E-state index in [0.29, 0.717) is 11.5 Å². The minimum absolute atomic E-state index is 0.193. The Morgan fingerprint density at radius 1 is 1.25 bits per heavy atom. The predicted octanol–water partition coefficient (Wildman–Crippen LogP) is 1.08. The minimum Gasteiger partial charge on any atom is -0.479 e. The highest BCUT2D eigenvalue weighted by molar-refractivity contribution is 5.96. The van der Waals surface area contributed by atoms with Crippen molar-refractivity contribution in [2.75, 3.05) is 13.7 Å². The van der Waals surface area contributed by atoms with E-state index in [9.17, 15) is 9.59 Å². The minimum atomic E-state index is -0.303. The van der Waals surface area contributed by atoms with Gasteiger partial charge in [0.25, 0.3) is 5.91 Å². The van der Waals surface area contributed by atoms with Gasteiger partial charge in [-0.2, -0.15) is 5.10 Å². The molecule has 0 bridgehead atoms. The molecule has 2 aromatic heterocycles. The standard InChI is InChI=1S/C19H22N6O3/c1-23-12-15(18(22-23)28-2)17(26)20-10-11-24-19(27)25(14-6-4-3-5-7-14)16(21-24)13-8-9-13/h3-7,12-13H,8-11H2,1-2H3,(H,20,26). The number of rotatable bonds is 7. The molecule has 1 aliphatic carbocycles. The summed E-state index contributed by atoms with van der Waals surface area (Å²) in [6.45, 7) is 0.555. The number of aryl methyl sites for hydroxylation is 1. The zero-order valence-corrected chi connectivity index (χ0v) is 15.8. The van der Waals surface area contributed by atoms with E-state index in [1.54, 1.807) is 17.8 Å². The van der Waals surface area contributed by atoms with Gasteiger partial charge in [0.2, 0.25) is 5.88 Å². The molecule has 9 nitrogen and oxygen atoms in total. The quantitative estimate of drug-likeness (QED) is 0.660. The number of benzene rings is 1. The third-order valence-electron chi connectivity index (χ3n) is 4.66. The fourth-order valence-corrected chi connectivity index (χ4v) is 3.14. The second-order valence-electron chi connectivity index (χ2n) is 6.79. The van der Waals surface area contributed by atoms with Crippen molar-refractivity contribution in [3.8, 4) is 11.6 Å². The average molecular weight is 382 g/mol. The van der Waals surface area contributed by atoms with Gasteiger partial charge in [-0.05, 0) is 25.0 Å². The number of carbonyl (C=O) groups excluding carboxylic acids is 1. The first-order valence-corrected chi connectivity index (χ1v) is 9.19. The van der Waals surface area contributed by atoms with Gasteiger partial charge in [0.15, 0.2) is 0 Å². The van der Waals surface area contributed by atoms with Gasteiger partial charge < -0.3 is 10.1 Å². The number of ether oxygens (including phenoxy) is 1. The summed E-state index contributed by atoms with van der Waals surface area (Å²) in [5.74, 6) is 1.07. The number of nitrogens with zero attached hydrogens (tertiary/aromatic N) is 5. The van der Waals surface area contributed by atoms with Crippen LogP contribution in [0.5, 0.6) is 5.88 Å². The van der Waals surface area contributed by atoms with Crippen molar-refractivity contribution in [3.05, 3.63) is 58.4 Å². The predicted molar refractivity (Wildman–Crippen MR) is 102 cm³/mol. The number of carbonyl (C=O) groups is 1. The SMILES string of the molecule is COc1nn(C)cc1C(=O)NCCn1nc(C2CC2)n(-c2ccccc2)c1=O. The van der Waals surface area contributed by atoms with Gasteiger partial charge in [-0.15, -0.1) is 5.10 Å². The van der Waals surface area contributed by atoms with Crippen LogP contribution >= 0.6 is 0 Å². The molecule has 1 amide bonds. The van der Waals surface area contributed by atoms with Crippen LogP contribution in [0, 0.1) is 0 Å². The Bertz CT molecular complexity index is 1050. The first kappa shape index (κ1) is 18.0. The lowest BCUT2D eigenvalue weighted by Crippen LogP contribution is -2.32. The lowest BCUT2D eigenvalue weighted by Gasteiger charge is -2.04. The maximum absolute atomic E-state index is 12.9. The molecule has 0 saturated heterocycles. The maximum Gasteiger partial charge on any atom is 0.350 e. The smallest absolute Gasteiger partial charge is 0.350 e. The fraction of sp³-hybridized carbons (Fsp3) is 0.368. The van der Waals surface area contributed by atoms with Crippen molar-refractivity contribution in [2.24, 2.45) is 7.05 Å². The van der Waals surface area contributed by atoms with Crippen molar-refractivity contribution >= 4 is 5.91 Å². The van der Waals surface area contributed by atoms with Gasteiger partial charge in [0.1, 0.15) is 11.4 Å². The molecule has 0 spiro atoms. The zero-order chi connectivity index (χ0) is 19.7. The third kappa shape index (κ3) is 3.42. The summed E-state index contributed by atoms with van der Waals surface area (Å²) in [6.07, 6.45) is 3.68. The van der Waals surface area contributed by atoms with Crippen LogP contribution in [0.3, 0.4) is 0 Å². The Kier molecular flexibility index (Phi) is 4.72. The Balaban J connectivity index is 1.50. The molecule has 28 heavy (non-hydrogen) atoms. The summed E-state index contributed by atoms with van der Waals surface area (Å²) >= 11 is 0. The maximum atomic E-state index is 12.9. The van der Waals surface area contributed by atoms with Gasteiger partial charge in [-0.1, -0.05) is 18.2 Å². The van der Waals surface area contributed by atoms with Crippen LogP contribution in [-0.4, -0.2) is 43.7 Å². The van der Waals surface area contributed by atoms with E-state index in [4.69, 9.17) is 4.74 Å². The first-order valence-electron chi connectivity index (χ1n) is 9.19. The number of para-hydroxylation sites is 1. The molecule has 0 aliphatic heterocycles. The van der Waals surface area contributed by atoms with Crippen LogP contribution in [0.15, 0.2) is 41.3 Å². The van der Waals surface area contributed by atoms with E-state index in [0.717, 1.165) is 24.4 Å². The molecule has 1 aromatic carbocycles. The molecule has 2 heterocycles. The van der Waals surface area contributed by atoms with E-state index in [2.05, 4.69) is 15.5 Å². The van der Waals surface area contributed by atoms with E-state index in [1.807, 2.05) is 30.3 Å². The molecule has 1 aliphatic rings. The molecule has 1 N–H and O–H groups in total. The number of amides is 1. The van der Waals surface area contributed by atoms with Crippen LogP contribution in [-0.2, 0) is 13.6 Å². The summed E-state index contributed by atoms with van der Waals surface area (Å²) in [5.41, 5.74) is 0.969. The summed E-state index contributed by atoms with van der Waals surface area (Å²) in [7, 11) is 3.18. The topological polar surface area (TPSA) is 96.0 Å². The van der Waals surface area contributed by atoms with Crippen molar-refractivity contribution in [1.29, 1.82) is 0 Å². The highest BCUT2D eigenvalue weighted by atomic mass is 16.5. The molecule has 4 rings (SSSR count). The monoisotopic (exact) mass is 382 g/mol. The molecule has 146 valence electrons. The van der Waals surface area contributed by atoms with Gasteiger partial charge in [-0.25, -0.2) is 14.0 Å².